The summed E-state index contributed by atoms with van der Waals surface area (Å²) in [5.41, 5.74) is -2.64. The van der Waals surface area contributed by atoms with Gasteiger partial charge in [-0.25, -0.2) is 14.4 Å². The third kappa shape index (κ3) is 4.91. The molecule has 3 aliphatic rings. The van der Waals surface area contributed by atoms with Crippen molar-refractivity contribution in [3.63, 3.8) is 0 Å². The molecular weight excluding hydrogens is 518 g/mol. The van der Waals surface area contributed by atoms with E-state index in [9.17, 15) is 48.3 Å². The number of carboxylic acid groups (broad SMARTS) is 1. The van der Waals surface area contributed by atoms with Crippen LogP contribution in [0.5, 0.6) is 0 Å². The summed E-state index contributed by atoms with van der Waals surface area (Å²) in [7, 11) is 0. The molecule has 0 spiro atoms. The molecule has 0 aromatic rings. The molecule has 3 aliphatic heterocycles. The molecule has 38 heavy (non-hydrogen) atoms. The fourth-order valence-corrected chi connectivity index (χ4v) is 3.90. The lowest BCUT2D eigenvalue weighted by Gasteiger charge is -2.33. The first kappa shape index (κ1) is 27.8. The van der Waals surface area contributed by atoms with Crippen molar-refractivity contribution >= 4 is 54.0 Å². The van der Waals surface area contributed by atoms with Crippen LogP contribution >= 0.6 is 0 Å². The third-order valence-electron chi connectivity index (χ3n) is 6.00. The number of aliphatic carboxylic acids is 1. The Morgan fingerprint density at radius 2 is 1.87 bits per heavy atom. The number of hydroxylamine groups is 2. The number of nitrogens with zero attached hydrogens (tertiary/aromatic N) is 3. The molecule has 0 bridgehead atoms. The second-order valence-corrected chi connectivity index (χ2v) is 8.25. The van der Waals surface area contributed by atoms with Crippen molar-refractivity contribution in [1.29, 1.82) is 0 Å². The number of esters is 1. The minimum Gasteiger partial charge on any atom is -0.477 e. The molecule has 1 unspecified atom stereocenters. The number of rotatable bonds is 9. The number of carboxylic acids is 1. The van der Waals surface area contributed by atoms with Gasteiger partial charge in [-0.3, -0.25) is 33.7 Å². The highest BCUT2D eigenvalue weighted by Gasteiger charge is 2.62. The standard InChI is InChI=1S/C20H23N5O13/c1-3-23-6-7-24(16(31)15(23)30)19(35)22-11(9(2)36-8-26)13(28)21-12-14(29)25(38-17(12)32)20(18(33)34)5-4-10(27)37-20/h8-9,11-12H,3-7H2,1-2H3,(H,21,28)(H,22,35)(H,33,34)/t9-,11+,12-,20?/m0/s1. The number of imide groups is 1. The topological polar surface area (TPSA) is 235 Å². The van der Waals surface area contributed by atoms with E-state index in [1.807, 2.05) is 5.32 Å². The summed E-state index contributed by atoms with van der Waals surface area (Å²) in [6, 6.07) is -5.13. The van der Waals surface area contributed by atoms with Crippen LogP contribution in [0.4, 0.5) is 4.79 Å². The van der Waals surface area contributed by atoms with E-state index in [-0.39, 0.29) is 31.2 Å². The minimum atomic E-state index is -2.64. The van der Waals surface area contributed by atoms with Gasteiger partial charge in [-0.2, -0.15) is 0 Å². The molecule has 4 atom stereocenters. The largest absolute Gasteiger partial charge is 0.477 e. The van der Waals surface area contributed by atoms with Gasteiger partial charge >= 0.3 is 41.5 Å². The number of amides is 6. The molecule has 0 saturated carbocycles. The van der Waals surface area contributed by atoms with Gasteiger partial charge in [0.15, 0.2) is 0 Å². The maximum absolute atomic E-state index is 13.0. The molecule has 3 rings (SSSR count). The number of nitrogens with one attached hydrogen (secondary N) is 2. The molecule has 206 valence electrons. The number of carbonyl (C=O) groups excluding carboxylic acids is 8. The molecular formula is C20H23N5O13. The van der Waals surface area contributed by atoms with Crippen LogP contribution in [0, 0.1) is 0 Å². The zero-order valence-corrected chi connectivity index (χ0v) is 20.0. The quantitative estimate of drug-likeness (QED) is 0.110. The van der Waals surface area contributed by atoms with Crippen molar-refractivity contribution in [3.05, 3.63) is 0 Å². The summed E-state index contributed by atoms with van der Waals surface area (Å²) in [4.78, 5) is 116. The van der Waals surface area contributed by atoms with Crippen LogP contribution in [0.25, 0.3) is 0 Å². The Hall–Kier alpha value is -4.77. The van der Waals surface area contributed by atoms with Crippen LogP contribution in [0.2, 0.25) is 0 Å². The monoisotopic (exact) mass is 541 g/mol. The van der Waals surface area contributed by atoms with Crippen LogP contribution in [-0.4, -0.2) is 118 Å². The summed E-state index contributed by atoms with van der Waals surface area (Å²) in [5, 5.41) is 13.6. The lowest BCUT2D eigenvalue weighted by Crippen LogP contribution is -2.63. The van der Waals surface area contributed by atoms with Gasteiger partial charge in [0.2, 0.25) is 11.9 Å². The molecule has 3 heterocycles. The molecule has 18 nitrogen and oxygen atoms in total. The molecule has 6 amide bonds. The molecule has 3 N–H and O–H groups in total. The second-order valence-electron chi connectivity index (χ2n) is 8.25. The summed E-state index contributed by atoms with van der Waals surface area (Å²) >= 11 is 0. The number of ether oxygens (including phenoxy) is 2. The lowest BCUT2D eigenvalue weighted by molar-refractivity contribution is -0.252. The van der Waals surface area contributed by atoms with Crippen LogP contribution in [0.3, 0.4) is 0 Å². The molecule has 0 aliphatic carbocycles. The van der Waals surface area contributed by atoms with Crippen LogP contribution in [0.15, 0.2) is 0 Å². The highest BCUT2D eigenvalue weighted by atomic mass is 16.8. The number of likely N-dealkylation sites (N-methyl/N-ethyl adjacent to an activating group) is 1. The van der Waals surface area contributed by atoms with Gasteiger partial charge in [0.25, 0.3) is 12.4 Å². The fraction of sp³-hybridized carbons (Fsp3) is 0.550. The first-order valence-electron chi connectivity index (χ1n) is 11.2. The van der Waals surface area contributed by atoms with Crippen molar-refractivity contribution in [2.45, 2.75) is 50.6 Å². The summed E-state index contributed by atoms with van der Waals surface area (Å²) in [5.74, 6) is -9.01. The third-order valence-corrected chi connectivity index (χ3v) is 6.00. The van der Waals surface area contributed by atoms with Gasteiger partial charge in [0.05, 0.1) is 6.42 Å². The Bertz CT molecular complexity index is 1110. The van der Waals surface area contributed by atoms with Crippen molar-refractivity contribution in [1.82, 2.24) is 25.5 Å². The predicted molar refractivity (Wildman–Crippen MR) is 113 cm³/mol. The van der Waals surface area contributed by atoms with Crippen LogP contribution in [-0.2, 0) is 52.7 Å². The summed E-state index contributed by atoms with van der Waals surface area (Å²) < 4.78 is 9.42. The number of piperazine rings is 1. The lowest BCUT2D eigenvalue weighted by atomic mass is 10.1. The number of hydrogen-bond donors (Lipinski definition) is 3. The summed E-state index contributed by atoms with van der Waals surface area (Å²) in [6.07, 6.45) is -2.35. The molecule has 0 aromatic heterocycles. The maximum atomic E-state index is 13.0. The number of cyclic esters (lactones) is 1. The first-order valence-corrected chi connectivity index (χ1v) is 11.2. The maximum Gasteiger partial charge on any atom is 0.373 e. The molecule has 3 fully saturated rings. The summed E-state index contributed by atoms with van der Waals surface area (Å²) in [6.45, 7) is 2.79. The minimum absolute atomic E-state index is 0.0277. The van der Waals surface area contributed by atoms with E-state index in [0.29, 0.717) is 4.90 Å². The Kier molecular flexibility index (Phi) is 7.82. The van der Waals surface area contributed by atoms with E-state index in [2.05, 4.69) is 5.32 Å². The molecule has 18 heteroatoms. The Morgan fingerprint density at radius 1 is 1.18 bits per heavy atom. The van der Waals surface area contributed by atoms with Gasteiger partial charge in [-0.15, -0.1) is 5.06 Å². The van der Waals surface area contributed by atoms with E-state index in [0.717, 1.165) is 0 Å². The van der Waals surface area contributed by atoms with Gasteiger partial charge < -0.3 is 35.0 Å². The number of hydrogen-bond acceptors (Lipinski definition) is 12. The number of urea groups is 1. The molecule has 3 saturated heterocycles. The molecule has 0 aromatic carbocycles. The Morgan fingerprint density at radius 3 is 2.42 bits per heavy atom. The second kappa shape index (κ2) is 10.7. The highest BCUT2D eigenvalue weighted by Crippen LogP contribution is 2.34. The van der Waals surface area contributed by atoms with E-state index >= 15 is 0 Å². The van der Waals surface area contributed by atoms with Crippen molar-refractivity contribution in [2.75, 3.05) is 19.6 Å². The average molecular weight is 541 g/mol. The normalized spacial score (nSPS) is 24.9. The zero-order valence-electron chi connectivity index (χ0n) is 20.0. The van der Waals surface area contributed by atoms with Crippen molar-refractivity contribution < 1.29 is 62.6 Å². The Balaban J connectivity index is 1.77. The van der Waals surface area contributed by atoms with Gasteiger partial charge in [0, 0.05) is 26.1 Å². The highest BCUT2D eigenvalue weighted by molar-refractivity contribution is 6.38. The van der Waals surface area contributed by atoms with E-state index in [1.165, 1.54) is 11.8 Å². The van der Waals surface area contributed by atoms with Gasteiger partial charge in [-0.1, -0.05) is 0 Å². The van der Waals surface area contributed by atoms with Crippen molar-refractivity contribution in [2.24, 2.45) is 0 Å². The van der Waals surface area contributed by atoms with Crippen molar-refractivity contribution in [3.8, 4) is 0 Å². The van der Waals surface area contributed by atoms with E-state index < -0.39 is 84.3 Å². The van der Waals surface area contributed by atoms with Crippen LogP contribution < -0.4 is 10.6 Å². The van der Waals surface area contributed by atoms with E-state index in [4.69, 9.17) is 14.3 Å². The Labute approximate surface area is 213 Å². The fourth-order valence-electron chi connectivity index (χ4n) is 3.90. The van der Waals surface area contributed by atoms with E-state index in [1.54, 1.807) is 6.92 Å². The SMILES string of the molecule is CCN1CCN(C(=O)N[C@@H](C(=O)N[C@@H]2C(=O)ON(C3(C(=O)O)CCC(=O)O3)C2=O)[C@H](C)OC=O)C(=O)C1=O. The zero-order chi connectivity index (χ0) is 28.4. The smallest absolute Gasteiger partial charge is 0.373 e. The first-order chi connectivity index (χ1) is 17.9. The van der Waals surface area contributed by atoms with Gasteiger partial charge in [-0.05, 0) is 13.8 Å². The average Bonchev–Trinajstić information content (AvgIpc) is 3.39. The number of carbonyl (C=O) groups is 9. The predicted octanol–water partition coefficient (Wildman–Crippen LogP) is -3.78. The van der Waals surface area contributed by atoms with Gasteiger partial charge in [0.1, 0.15) is 12.1 Å². The molecule has 0 radical (unpaired) electrons. The van der Waals surface area contributed by atoms with Crippen LogP contribution in [0.1, 0.15) is 26.7 Å².